The third-order valence-corrected chi connectivity index (χ3v) is 3.17. The van der Waals surface area contributed by atoms with Crippen LogP contribution in [0.1, 0.15) is 19.4 Å². The van der Waals surface area contributed by atoms with Crippen LogP contribution in [0, 0.1) is 5.41 Å². The summed E-state index contributed by atoms with van der Waals surface area (Å²) in [5.41, 5.74) is 0.181. The molecule has 1 aromatic carbocycles. The lowest BCUT2D eigenvalue weighted by molar-refractivity contribution is -0.131. The van der Waals surface area contributed by atoms with Gasteiger partial charge in [-0.2, -0.15) is 0 Å². The number of nitrogens with zero attached hydrogens (tertiary/aromatic N) is 1. The van der Waals surface area contributed by atoms with E-state index in [1.165, 1.54) is 0 Å². The highest BCUT2D eigenvalue weighted by molar-refractivity contribution is 6.01. The Morgan fingerprint density at radius 1 is 1.35 bits per heavy atom. The lowest BCUT2D eigenvalue weighted by atomic mass is 9.97. The topological polar surface area (TPSA) is 56.2 Å². The molecule has 0 atom stereocenters. The number of nitrogens with one attached hydrogen (secondary N) is 2. The molecule has 0 saturated carbocycles. The molecule has 2 N–H and O–H groups in total. The number of hydrogen-bond acceptors (Lipinski definition) is 2. The van der Waals surface area contributed by atoms with Gasteiger partial charge >= 0.3 is 0 Å². The monoisotopic (exact) mass is 231 g/mol. The predicted octanol–water partition coefficient (Wildman–Crippen LogP) is 1.22. The second-order valence-corrected chi connectivity index (χ2v) is 4.68. The summed E-state index contributed by atoms with van der Waals surface area (Å²) in [6, 6.07) is 9.52. The minimum Gasteiger partial charge on any atom is -0.352 e. The average molecular weight is 231 g/mol. The summed E-state index contributed by atoms with van der Waals surface area (Å²) in [7, 11) is 0. The molecular weight excluding hydrogens is 214 g/mol. The van der Waals surface area contributed by atoms with Crippen LogP contribution in [-0.4, -0.2) is 35.3 Å². The van der Waals surface area contributed by atoms with E-state index in [-0.39, 0.29) is 5.91 Å². The minimum atomic E-state index is -0.662. The van der Waals surface area contributed by atoms with Gasteiger partial charge in [0.25, 0.3) is 0 Å². The van der Waals surface area contributed by atoms with Crippen LogP contribution in [0.3, 0.4) is 0 Å². The van der Waals surface area contributed by atoms with Crippen LogP contribution in [0.2, 0.25) is 0 Å². The van der Waals surface area contributed by atoms with Gasteiger partial charge in [-0.15, -0.1) is 0 Å². The van der Waals surface area contributed by atoms with Gasteiger partial charge in [0.05, 0.1) is 0 Å². The first-order valence-electron chi connectivity index (χ1n) is 5.73. The Hall–Kier alpha value is -1.84. The summed E-state index contributed by atoms with van der Waals surface area (Å²) >= 11 is 0. The molecule has 0 radical (unpaired) electrons. The zero-order valence-electron chi connectivity index (χ0n) is 10.2. The second kappa shape index (κ2) is 4.20. The van der Waals surface area contributed by atoms with Crippen molar-refractivity contribution in [3.05, 3.63) is 35.9 Å². The van der Waals surface area contributed by atoms with E-state index in [2.05, 4.69) is 5.32 Å². The van der Waals surface area contributed by atoms with Crippen molar-refractivity contribution in [1.29, 1.82) is 5.41 Å². The van der Waals surface area contributed by atoms with Crippen LogP contribution in [0.25, 0.3) is 0 Å². The number of amides is 1. The molecule has 1 saturated heterocycles. The van der Waals surface area contributed by atoms with E-state index in [4.69, 9.17) is 5.41 Å². The second-order valence-electron chi connectivity index (χ2n) is 4.68. The van der Waals surface area contributed by atoms with Crippen molar-refractivity contribution in [3.63, 3.8) is 0 Å². The van der Waals surface area contributed by atoms with Gasteiger partial charge in [0.2, 0.25) is 5.91 Å². The summed E-state index contributed by atoms with van der Waals surface area (Å²) in [6.45, 7) is 4.96. The van der Waals surface area contributed by atoms with Gasteiger partial charge in [0.15, 0.2) is 0 Å². The molecule has 0 aliphatic carbocycles. The molecule has 0 spiro atoms. The third-order valence-electron chi connectivity index (χ3n) is 3.17. The van der Waals surface area contributed by atoms with Crippen molar-refractivity contribution >= 4 is 11.7 Å². The maximum absolute atomic E-state index is 11.8. The molecule has 1 aromatic rings. The maximum Gasteiger partial charge on any atom is 0.245 e. The van der Waals surface area contributed by atoms with Crippen LogP contribution < -0.4 is 5.32 Å². The van der Waals surface area contributed by atoms with E-state index in [1.807, 2.05) is 49.1 Å². The summed E-state index contributed by atoms with van der Waals surface area (Å²) in [6.07, 6.45) is 0. The fourth-order valence-electron chi connectivity index (χ4n) is 2.04. The van der Waals surface area contributed by atoms with Crippen molar-refractivity contribution < 1.29 is 4.79 Å². The molecule has 1 aliphatic rings. The smallest absolute Gasteiger partial charge is 0.245 e. The molecule has 1 fully saturated rings. The lowest BCUT2D eigenvalue weighted by Gasteiger charge is -2.42. The number of carbonyl (C=O) groups excluding carboxylic acids is 1. The average Bonchev–Trinajstić information content (AvgIpc) is 2.33. The van der Waals surface area contributed by atoms with E-state index in [9.17, 15) is 4.79 Å². The number of piperazine rings is 1. The fourth-order valence-corrected chi connectivity index (χ4v) is 2.04. The summed E-state index contributed by atoms with van der Waals surface area (Å²) in [5.74, 6) is 0.384. The number of hydrogen-bond donors (Lipinski definition) is 2. The molecule has 17 heavy (non-hydrogen) atoms. The van der Waals surface area contributed by atoms with E-state index in [0.717, 1.165) is 5.56 Å². The van der Waals surface area contributed by atoms with Crippen molar-refractivity contribution in [2.75, 3.05) is 13.1 Å². The van der Waals surface area contributed by atoms with Crippen LogP contribution in [0.4, 0.5) is 0 Å². The van der Waals surface area contributed by atoms with Gasteiger partial charge in [-0.05, 0) is 13.8 Å². The normalized spacial score (nSPS) is 18.7. The molecule has 90 valence electrons. The highest BCUT2D eigenvalue weighted by Crippen LogP contribution is 2.20. The van der Waals surface area contributed by atoms with Crippen molar-refractivity contribution in [2.24, 2.45) is 0 Å². The van der Waals surface area contributed by atoms with E-state index >= 15 is 0 Å². The number of benzene rings is 1. The Morgan fingerprint density at radius 3 is 2.65 bits per heavy atom. The van der Waals surface area contributed by atoms with Crippen LogP contribution in [0.15, 0.2) is 30.3 Å². The SMILES string of the molecule is CC1(C)C(=O)NCCN1C(=N)c1ccccc1. The molecule has 0 aromatic heterocycles. The van der Waals surface area contributed by atoms with E-state index < -0.39 is 5.54 Å². The Morgan fingerprint density at radius 2 is 2.00 bits per heavy atom. The van der Waals surface area contributed by atoms with Gasteiger partial charge in [-0.3, -0.25) is 10.2 Å². The number of carbonyl (C=O) groups is 1. The van der Waals surface area contributed by atoms with Crippen molar-refractivity contribution in [1.82, 2.24) is 10.2 Å². The van der Waals surface area contributed by atoms with Gasteiger partial charge in [-0.25, -0.2) is 0 Å². The largest absolute Gasteiger partial charge is 0.352 e. The maximum atomic E-state index is 11.8. The van der Waals surface area contributed by atoms with Gasteiger partial charge in [0.1, 0.15) is 11.4 Å². The standard InChI is InChI=1S/C13H17N3O/c1-13(2)12(17)15-8-9-16(13)11(14)10-6-4-3-5-7-10/h3-7,14H,8-9H2,1-2H3,(H,15,17). The van der Waals surface area contributed by atoms with E-state index in [0.29, 0.717) is 18.9 Å². The highest BCUT2D eigenvalue weighted by atomic mass is 16.2. The Labute approximate surface area is 101 Å². The predicted molar refractivity (Wildman–Crippen MR) is 67.1 cm³/mol. The summed E-state index contributed by atoms with van der Waals surface area (Å²) in [4.78, 5) is 13.7. The highest BCUT2D eigenvalue weighted by Gasteiger charge is 2.39. The van der Waals surface area contributed by atoms with Gasteiger partial charge in [-0.1, -0.05) is 30.3 Å². The first-order chi connectivity index (χ1) is 8.03. The zero-order valence-corrected chi connectivity index (χ0v) is 10.2. The summed E-state index contributed by atoms with van der Waals surface area (Å²) in [5, 5.41) is 11.0. The molecule has 1 amide bonds. The molecule has 0 bridgehead atoms. The lowest BCUT2D eigenvalue weighted by Crippen LogP contribution is -2.63. The number of rotatable bonds is 1. The van der Waals surface area contributed by atoms with Crippen LogP contribution in [0.5, 0.6) is 0 Å². The Bertz CT molecular complexity index is 439. The Balaban J connectivity index is 2.28. The fraction of sp³-hybridized carbons (Fsp3) is 0.385. The van der Waals surface area contributed by atoms with Gasteiger partial charge in [0, 0.05) is 18.7 Å². The minimum absolute atomic E-state index is 0.0237. The van der Waals surface area contributed by atoms with Gasteiger partial charge < -0.3 is 10.2 Å². The number of amidine groups is 1. The first kappa shape index (κ1) is 11.6. The molecule has 2 rings (SSSR count). The molecule has 1 aliphatic heterocycles. The molecule has 1 heterocycles. The Kier molecular flexibility index (Phi) is 2.88. The molecule has 0 unspecified atom stereocenters. The van der Waals surface area contributed by atoms with E-state index in [1.54, 1.807) is 0 Å². The zero-order chi connectivity index (χ0) is 12.5. The van der Waals surface area contributed by atoms with Crippen LogP contribution in [-0.2, 0) is 4.79 Å². The molecular formula is C13H17N3O. The quantitative estimate of drug-likeness (QED) is 0.564. The van der Waals surface area contributed by atoms with Crippen molar-refractivity contribution in [3.8, 4) is 0 Å². The van der Waals surface area contributed by atoms with Crippen LogP contribution >= 0.6 is 0 Å². The van der Waals surface area contributed by atoms with Crippen molar-refractivity contribution in [2.45, 2.75) is 19.4 Å². The summed E-state index contributed by atoms with van der Waals surface area (Å²) < 4.78 is 0. The molecule has 4 heteroatoms. The first-order valence-corrected chi connectivity index (χ1v) is 5.73. The third kappa shape index (κ3) is 2.02. The molecule has 4 nitrogen and oxygen atoms in total.